The molecule has 2 N–H and O–H groups in total. The van der Waals surface area contributed by atoms with Gasteiger partial charge in [-0.25, -0.2) is 0 Å². The maximum absolute atomic E-state index is 12.3. The highest BCUT2D eigenvalue weighted by atomic mass is 16.5. The van der Waals surface area contributed by atoms with Crippen molar-refractivity contribution < 1.29 is 9.53 Å². The Morgan fingerprint density at radius 1 is 1.12 bits per heavy atom. The van der Waals surface area contributed by atoms with E-state index in [0.717, 1.165) is 34.7 Å². The molecule has 25 heavy (non-hydrogen) atoms. The van der Waals surface area contributed by atoms with Gasteiger partial charge in [0, 0.05) is 17.4 Å². The number of carbonyl (C=O) groups is 1. The van der Waals surface area contributed by atoms with Gasteiger partial charge in [-0.05, 0) is 57.4 Å². The van der Waals surface area contributed by atoms with Crippen LogP contribution in [-0.4, -0.2) is 18.6 Å². The van der Waals surface area contributed by atoms with Crippen LogP contribution in [-0.2, 0) is 4.79 Å². The van der Waals surface area contributed by atoms with Crippen molar-refractivity contribution in [1.82, 2.24) is 0 Å². The van der Waals surface area contributed by atoms with Crippen molar-refractivity contribution in [3.05, 3.63) is 53.1 Å². The molecule has 2 rings (SSSR count). The van der Waals surface area contributed by atoms with Crippen LogP contribution in [0.1, 0.15) is 37.0 Å². The van der Waals surface area contributed by atoms with Gasteiger partial charge < -0.3 is 15.4 Å². The lowest BCUT2D eigenvalue weighted by Crippen LogP contribution is -2.22. The van der Waals surface area contributed by atoms with Gasteiger partial charge in [0.05, 0.1) is 12.6 Å². The van der Waals surface area contributed by atoms with Crippen LogP contribution in [0.25, 0.3) is 0 Å². The number of carbonyl (C=O) groups excluding carboxylic acids is 1. The molecular formula is C21H28N2O2. The highest BCUT2D eigenvalue weighted by Crippen LogP contribution is 2.22. The molecule has 0 fully saturated rings. The quantitative estimate of drug-likeness (QED) is 0.758. The molecule has 4 heteroatoms. The van der Waals surface area contributed by atoms with Gasteiger partial charge in [-0.2, -0.15) is 0 Å². The van der Waals surface area contributed by atoms with E-state index in [1.54, 1.807) is 0 Å². The third kappa shape index (κ3) is 5.52. The standard InChI is InChI=1S/C21H28N2O2/c1-6-17(5)25-19-9-7-8-18(12-19)23-20(24)13-22-21-15(3)10-14(2)11-16(21)4/h7-12,17,22H,6,13H2,1-5H3,(H,23,24). The largest absolute Gasteiger partial charge is 0.491 e. The fourth-order valence-corrected chi connectivity index (χ4v) is 2.80. The molecule has 2 aromatic rings. The van der Waals surface area contributed by atoms with Crippen molar-refractivity contribution in [3.63, 3.8) is 0 Å². The molecule has 0 aromatic heterocycles. The number of nitrogens with one attached hydrogen (secondary N) is 2. The molecule has 0 saturated carbocycles. The van der Waals surface area contributed by atoms with Gasteiger partial charge in [0.2, 0.25) is 5.91 Å². The van der Waals surface area contributed by atoms with Crippen LogP contribution < -0.4 is 15.4 Å². The van der Waals surface area contributed by atoms with E-state index >= 15 is 0 Å². The zero-order valence-electron chi connectivity index (χ0n) is 15.8. The average molecular weight is 340 g/mol. The Hall–Kier alpha value is -2.49. The van der Waals surface area contributed by atoms with Crippen molar-refractivity contribution in [2.75, 3.05) is 17.2 Å². The fourth-order valence-electron chi connectivity index (χ4n) is 2.80. The number of ether oxygens (including phenoxy) is 1. The molecule has 1 unspecified atom stereocenters. The second-order valence-corrected chi connectivity index (χ2v) is 6.54. The monoisotopic (exact) mass is 340 g/mol. The number of benzene rings is 2. The average Bonchev–Trinajstić information content (AvgIpc) is 2.54. The molecule has 2 aromatic carbocycles. The molecule has 0 spiro atoms. The Bertz CT molecular complexity index is 717. The van der Waals surface area contributed by atoms with E-state index in [2.05, 4.69) is 50.5 Å². The fraction of sp³-hybridized carbons (Fsp3) is 0.381. The van der Waals surface area contributed by atoms with Gasteiger partial charge in [0.25, 0.3) is 0 Å². The highest BCUT2D eigenvalue weighted by molar-refractivity contribution is 5.94. The number of aryl methyl sites for hydroxylation is 3. The van der Waals surface area contributed by atoms with Crippen LogP contribution in [0.2, 0.25) is 0 Å². The Balaban J connectivity index is 1.96. The van der Waals surface area contributed by atoms with Gasteiger partial charge in [-0.15, -0.1) is 0 Å². The van der Waals surface area contributed by atoms with Gasteiger partial charge >= 0.3 is 0 Å². The van der Waals surface area contributed by atoms with E-state index < -0.39 is 0 Å². The zero-order chi connectivity index (χ0) is 18.4. The summed E-state index contributed by atoms with van der Waals surface area (Å²) >= 11 is 0. The van der Waals surface area contributed by atoms with Crippen molar-refractivity contribution in [1.29, 1.82) is 0 Å². The highest BCUT2D eigenvalue weighted by Gasteiger charge is 2.08. The van der Waals surface area contributed by atoms with Gasteiger partial charge in [-0.3, -0.25) is 4.79 Å². The smallest absolute Gasteiger partial charge is 0.243 e. The minimum absolute atomic E-state index is 0.0833. The van der Waals surface area contributed by atoms with Crippen LogP contribution >= 0.6 is 0 Å². The Morgan fingerprint density at radius 2 is 1.80 bits per heavy atom. The Morgan fingerprint density at radius 3 is 2.44 bits per heavy atom. The maximum Gasteiger partial charge on any atom is 0.243 e. The summed E-state index contributed by atoms with van der Waals surface area (Å²) in [6, 6.07) is 11.7. The lowest BCUT2D eigenvalue weighted by molar-refractivity contribution is -0.114. The predicted octanol–water partition coefficient (Wildman–Crippen LogP) is 4.84. The SMILES string of the molecule is CCC(C)Oc1cccc(NC(=O)CNc2c(C)cc(C)cc2C)c1. The molecule has 0 radical (unpaired) electrons. The summed E-state index contributed by atoms with van der Waals surface area (Å²) in [6.45, 7) is 10.5. The number of hydrogen-bond donors (Lipinski definition) is 2. The van der Waals surface area contributed by atoms with Crippen molar-refractivity contribution in [2.45, 2.75) is 47.1 Å². The van der Waals surface area contributed by atoms with E-state index in [9.17, 15) is 4.79 Å². The van der Waals surface area contributed by atoms with E-state index in [1.807, 2.05) is 31.2 Å². The minimum Gasteiger partial charge on any atom is -0.491 e. The summed E-state index contributed by atoms with van der Waals surface area (Å²) in [4.78, 5) is 12.3. The molecule has 4 nitrogen and oxygen atoms in total. The van der Waals surface area contributed by atoms with Gasteiger partial charge in [-0.1, -0.05) is 30.7 Å². The maximum atomic E-state index is 12.3. The van der Waals surface area contributed by atoms with Crippen LogP contribution in [0.15, 0.2) is 36.4 Å². The van der Waals surface area contributed by atoms with Gasteiger partial charge in [0.15, 0.2) is 0 Å². The molecule has 1 amide bonds. The van der Waals surface area contributed by atoms with E-state index in [1.165, 1.54) is 5.56 Å². The topological polar surface area (TPSA) is 50.4 Å². The number of anilines is 2. The van der Waals surface area contributed by atoms with Crippen LogP contribution in [0.5, 0.6) is 5.75 Å². The van der Waals surface area contributed by atoms with Crippen molar-refractivity contribution in [3.8, 4) is 5.75 Å². The summed E-state index contributed by atoms with van der Waals surface area (Å²) in [6.07, 6.45) is 1.09. The zero-order valence-corrected chi connectivity index (χ0v) is 15.8. The molecule has 0 heterocycles. The molecule has 0 aliphatic carbocycles. The molecule has 0 aliphatic rings. The van der Waals surface area contributed by atoms with Crippen molar-refractivity contribution >= 4 is 17.3 Å². The molecule has 0 aliphatic heterocycles. The van der Waals surface area contributed by atoms with Crippen LogP contribution in [0.4, 0.5) is 11.4 Å². The van der Waals surface area contributed by atoms with Gasteiger partial charge in [0.1, 0.15) is 5.75 Å². The van der Waals surface area contributed by atoms with Crippen molar-refractivity contribution in [2.24, 2.45) is 0 Å². The number of hydrogen-bond acceptors (Lipinski definition) is 3. The second-order valence-electron chi connectivity index (χ2n) is 6.54. The third-order valence-electron chi connectivity index (χ3n) is 4.13. The molecule has 134 valence electrons. The Kier molecular flexibility index (Phi) is 6.45. The summed E-state index contributed by atoms with van der Waals surface area (Å²) in [7, 11) is 0. The summed E-state index contributed by atoms with van der Waals surface area (Å²) in [5, 5.41) is 6.15. The lowest BCUT2D eigenvalue weighted by atomic mass is 10.1. The van der Waals surface area contributed by atoms with E-state index in [-0.39, 0.29) is 18.6 Å². The molecular weight excluding hydrogens is 312 g/mol. The van der Waals surface area contributed by atoms with E-state index in [0.29, 0.717) is 0 Å². The van der Waals surface area contributed by atoms with E-state index in [4.69, 9.17) is 4.74 Å². The lowest BCUT2D eigenvalue weighted by Gasteiger charge is -2.15. The molecule has 1 atom stereocenters. The summed E-state index contributed by atoms with van der Waals surface area (Å²) < 4.78 is 5.79. The van der Waals surface area contributed by atoms with Crippen LogP contribution in [0.3, 0.4) is 0 Å². The summed E-state index contributed by atoms with van der Waals surface area (Å²) in [5.74, 6) is 0.686. The predicted molar refractivity (Wildman–Crippen MR) is 105 cm³/mol. The van der Waals surface area contributed by atoms with Crippen LogP contribution in [0, 0.1) is 20.8 Å². The first-order chi connectivity index (χ1) is 11.9. The first-order valence-corrected chi connectivity index (χ1v) is 8.77. The molecule has 0 bridgehead atoms. The normalized spacial score (nSPS) is 11.7. The first-order valence-electron chi connectivity index (χ1n) is 8.77. The third-order valence-corrected chi connectivity index (χ3v) is 4.13. The first kappa shape index (κ1) is 18.8. The Labute approximate surface area is 150 Å². The minimum atomic E-state index is -0.0833. The second kappa shape index (κ2) is 8.56. The molecule has 0 saturated heterocycles. The number of amides is 1. The number of rotatable bonds is 7. The summed E-state index contributed by atoms with van der Waals surface area (Å²) in [5.41, 5.74) is 5.28.